The van der Waals surface area contributed by atoms with E-state index >= 15 is 4.39 Å². The number of nitrogens with zero attached hydrogens (tertiary/aromatic N) is 6. The van der Waals surface area contributed by atoms with E-state index in [0.29, 0.717) is 28.4 Å². The van der Waals surface area contributed by atoms with Crippen LogP contribution in [0.15, 0.2) is 60.8 Å². The Morgan fingerprint density at radius 2 is 1.79 bits per heavy atom. The summed E-state index contributed by atoms with van der Waals surface area (Å²) in [4.78, 5) is 21.2. The lowest BCUT2D eigenvalue weighted by atomic mass is 10.2. The van der Waals surface area contributed by atoms with Crippen LogP contribution in [-0.2, 0) is 0 Å². The van der Waals surface area contributed by atoms with Gasteiger partial charge in [0, 0.05) is 61.1 Å². The van der Waals surface area contributed by atoms with E-state index in [9.17, 15) is 0 Å². The van der Waals surface area contributed by atoms with Crippen molar-refractivity contribution < 1.29 is 9.13 Å². The SMILES string of the molecule is C/C=C/c1cc(Nc2cc(N3CCN(c4ccccn4)CC3)nc(Oc3ccc4[nH]c(C)cc4c3F)n2)n[nH]1. The summed E-state index contributed by atoms with van der Waals surface area (Å²) in [6.45, 7) is 6.84. The number of rotatable bonds is 7. The predicted octanol–water partition coefficient (Wildman–Crippen LogP) is 5.42. The Hall–Kier alpha value is -4.93. The molecule has 198 valence electrons. The fraction of sp³-hybridized carbons (Fsp3) is 0.214. The van der Waals surface area contributed by atoms with Gasteiger partial charge < -0.3 is 24.8 Å². The molecule has 0 saturated carbocycles. The summed E-state index contributed by atoms with van der Waals surface area (Å²) < 4.78 is 21.2. The molecule has 1 aliphatic heterocycles. The van der Waals surface area contributed by atoms with E-state index in [1.165, 1.54) is 0 Å². The van der Waals surface area contributed by atoms with Gasteiger partial charge in [0.05, 0.1) is 5.69 Å². The zero-order chi connectivity index (χ0) is 26.8. The van der Waals surface area contributed by atoms with Crippen molar-refractivity contribution in [3.05, 3.63) is 78.0 Å². The second-order valence-corrected chi connectivity index (χ2v) is 9.28. The van der Waals surface area contributed by atoms with Gasteiger partial charge in [0.25, 0.3) is 0 Å². The van der Waals surface area contributed by atoms with Crippen LogP contribution in [0.3, 0.4) is 0 Å². The average molecular weight is 526 g/mol. The molecule has 3 N–H and O–H groups in total. The minimum absolute atomic E-state index is 0.0388. The first-order valence-corrected chi connectivity index (χ1v) is 12.8. The molecule has 1 saturated heterocycles. The topological polar surface area (TPSA) is 111 Å². The Bertz CT molecular complexity index is 1620. The molecule has 1 aliphatic rings. The number of piperazine rings is 1. The minimum atomic E-state index is -0.465. The first-order valence-electron chi connectivity index (χ1n) is 12.8. The molecule has 5 heterocycles. The van der Waals surface area contributed by atoms with Gasteiger partial charge in [-0.2, -0.15) is 15.1 Å². The first-order chi connectivity index (χ1) is 19.1. The summed E-state index contributed by atoms with van der Waals surface area (Å²) in [7, 11) is 0. The number of halogens is 1. The second-order valence-electron chi connectivity index (χ2n) is 9.28. The number of benzene rings is 1. The van der Waals surface area contributed by atoms with Gasteiger partial charge in [-0.15, -0.1) is 0 Å². The summed E-state index contributed by atoms with van der Waals surface area (Å²) in [5.41, 5.74) is 2.43. The van der Waals surface area contributed by atoms with Crippen molar-refractivity contribution >= 4 is 40.3 Å². The van der Waals surface area contributed by atoms with E-state index in [4.69, 9.17) is 4.74 Å². The number of hydrogen-bond donors (Lipinski definition) is 3. The number of H-pyrrole nitrogens is 2. The number of anilines is 4. The fourth-order valence-corrected chi connectivity index (χ4v) is 4.65. The number of aromatic nitrogens is 6. The Balaban J connectivity index is 1.29. The summed E-state index contributed by atoms with van der Waals surface area (Å²) in [6, 6.07) is 14.8. The molecule has 0 aliphatic carbocycles. The van der Waals surface area contributed by atoms with Crippen molar-refractivity contribution in [1.29, 1.82) is 0 Å². The van der Waals surface area contributed by atoms with Crippen LogP contribution in [0.2, 0.25) is 0 Å². The molecule has 0 amide bonds. The molecule has 5 aromatic rings. The van der Waals surface area contributed by atoms with Gasteiger partial charge in [0.15, 0.2) is 17.4 Å². The highest BCUT2D eigenvalue weighted by molar-refractivity contribution is 5.82. The maximum Gasteiger partial charge on any atom is 0.326 e. The highest BCUT2D eigenvalue weighted by atomic mass is 19.1. The van der Waals surface area contributed by atoms with Gasteiger partial charge in [0.1, 0.15) is 17.5 Å². The maximum absolute atomic E-state index is 15.3. The number of nitrogens with one attached hydrogen (secondary N) is 3. The van der Waals surface area contributed by atoms with E-state index in [1.54, 1.807) is 24.4 Å². The molecule has 0 radical (unpaired) electrons. The zero-order valence-corrected chi connectivity index (χ0v) is 21.6. The highest BCUT2D eigenvalue weighted by Gasteiger charge is 2.22. The number of aromatic amines is 2. The smallest absolute Gasteiger partial charge is 0.326 e. The van der Waals surface area contributed by atoms with Crippen LogP contribution >= 0.6 is 0 Å². The van der Waals surface area contributed by atoms with E-state index in [-0.39, 0.29) is 11.8 Å². The molecule has 10 nitrogen and oxygen atoms in total. The van der Waals surface area contributed by atoms with Gasteiger partial charge in [0.2, 0.25) is 0 Å². The zero-order valence-electron chi connectivity index (χ0n) is 21.6. The molecule has 11 heteroatoms. The summed E-state index contributed by atoms with van der Waals surface area (Å²) in [5.74, 6) is 2.29. The first kappa shape index (κ1) is 24.4. The summed E-state index contributed by atoms with van der Waals surface area (Å²) in [6.07, 6.45) is 5.64. The number of pyridine rings is 1. The van der Waals surface area contributed by atoms with Crippen LogP contribution in [0.25, 0.3) is 17.0 Å². The van der Waals surface area contributed by atoms with Crippen LogP contribution in [0.1, 0.15) is 18.3 Å². The van der Waals surface area contributed by atoms with Crippen molar-refractivity contribution in [2.45, 2.75) is 13.8 Å². The van der Waals surface area contributed by atoms with Gasteiger partial charge in [-0.3, -0.25) is 5.10 Å². The lowest BCUT2D eigenvalue weighted by Gasteiger charge is -2.36. The molecule has 0 atom stereocenters. The van der Waals surface area contributed by atoms with Crippen molar-refractivity contribution in [2.24, 2.45) is 0 Å². The normalized spacial score (nSPS) is 13.9. The van der Waals surface area contributed by atoms with Crippen molar-refractivity contribution in [3.63, 3.8) is 0 Å². The van der Waals surface area contributed by atoms with Gasteiger partial charge in [-0.25, -0.2) is 9.37 Å². The van der Waals surface area contributed by atoms with Gasteiger partial charge >= 0.3 is 6.01 Å². The summed E-state index contributed by atoms with van der Waals surface area (Å²) in [5, 5.41) is 10.9. The third-order valence-corrected chi connectivity index (χ3v) is 6.51. The predicted molar refractivity (Wildman–Crippen MR) is 150 cm³/mol. The van der Waals surface area contributed by atoms with Crippen molar-refractivity contribution in [3.8, 4) is 11.8 Å². The van der Waals surface area contributed by atoms with E-state index in [2.05, 4.69) is 45.2 Å². The Morgan fingerprint density at radius 3 is 2.56 bits per heavy atom. The summed E-state index contributed by atoms with van der Waals surface area (Å²) >= 11 is 0. The molecule has 0 spiro atoms. The maximum atomic E-state index is 15.3. The second kappa shape index (κ2) is 10.4. The van der Waals surface area contributed by atoms with E-state index < -0.39 is 5.82 Å². The van der Waals surface area contributed by atoms with E-state index in [1.807, 2.05) is 56.3 Å². The lowest BCUT2D eigenvalue weighted by Crippen LogP contribution is -2.47. The third-order valence-electron chi connectivity index (χ3n) is 6.51. The van der Waals surface area contributed by atoms with Crippen molar-refractivity contribution in [1.82, 2.24) is 30.1 Å². The molecule has 39 heavy (non-hydrogen) atoms. The third kappa shape index (κ3) is 5.24. The van der Waals surface area contributed by atoms with Gasteiger partial charge in [-0.05, 0) is 50.3 Å². The number of aryl methyl sites for hydroxylation is 1. The van der Waals surface area contributed by atoms with Crippen LogP contribution in [0.4, 0.5) is 27.7 Å². The standard InChI is InChI=1S/C28H28FN9O/c1-3-6-19-16-24(36-35-19)32-23-17-26(38-13-11-37(12-14-38)25-7-4-5-10-30-25)34-28(33-23)39-22-9-8-21-20(27(22)29)15-18(2)31-21/h3-10,15-17,31H,11-14H2,1-2H3,(H2,32,33,34,35,36)/b6-3+. The quantitative estimate of drug-likeness (QED) is 0.258. The Kier molecular flexibility index (Phi) is 6.54. The monoisotopic (exact) mass is 525 g/mol. The molecule has 1 aromatic carbocycles. The largest absolute Gasteiger partial charge is 0.421 e. The molecular formula is C28H28FN9O. The fourth-order valence-electron chi connectivity index (χ4n) is 4.65. The lowest BCUT2D eigenvalue weighted by molar-refractivity contribution is 0.414. The number of fused-ring (bicyclic) bond motifs is 1. The number of hydrogen-bond acceptors (Lipinski definition) is 8. The van der Waals surface area contributed by atoms with Crippen molar-refractivity contribution in [2.75, 3.05) is 41.3 Å². The molecule has 0 bridgehead atoms. The Morgan fingerprint density at radius 1 is 0.974 bits per heavy atom. The van der Waals surface area contributed by atoms with Crippen LogP contribution in [-0.4, -0.2) is 56.3 Å². The molecule has 4 aromatic heterocycles. The molecular weight excluding hydrogens is 497 g/mol. The van der Waals surface area contributed by atoms with Crippen LogP contribution < -0.4 is 19.9 Å². The average Bonchev–Trinajstić information content (AvgIpc) is 3.57. The molecule has 0 unspecified atom stereocenters. The van der Waals surface area contributed by atoms with Gasteiger partial charge in [-0.1, -0.05) is 12.1 Å². The van der Waals surface area contributed by atoms with E-state index in [0.717, 1.165) is 43.4 Å². The highest BCUT2D eigenvalue weighted by Crippen LogP contribution is 2.31. The van der Waals surface area contributed by atoms with Crippen LogP contribution in [0, 0.1) is 12.7 Å². The molecule has 1 fully saturated rings. The molecule has 6 rings (SSSR count). The number of ether oxygens (including phenoxy) is 1. The number of allylic oxidation sites excluding steroid dienone is 1. The minimum Gasteiger partial charge on any atom is -0.421 e. The van der Waals surface area contributed by atoms with Crippen LogP contribution in [0.5, 0.6) is 11.8 Å². The Labute approximate surface area is 224 Å².